The number of carbonyl (C=O) groups excluding carboxylic acids is 1. The molecule has 11 heteroatoms. The van der Waals surface area contributed by atoms with Crippen molar-refractivity contribution in [3.8, 4) is 10.6 Å². The lowest BCUT2D eigenvalue weighted by atomic mass is 10.0. The van der Waals surface area contributed by atoms with Gasteiger partial charge in [0.15, 0.2) is 17.0 Å². The second-order valence-corrected chi connectivity index (χ2v) is 10.3. The van der Waals surface area contributed by atoms with E-state index < -0.39 is 17.8 Å². The van der Waals surface area contributed by atoms with Crippen LogP contribution in [0.2, 0.25) is 4.34 Å². The van der Waals surface area contributed by atoms with Gasteiger partial charge in [-0.1, -0.05) is 41.9 Å². The number of hydrogen-bond acceptors (Lipinski definition) is 4. The van der Waals surface area contributed by atoms with Gasteiger partial charge in [-0.25, -0.2) is 9.50 Å². The zero-order valence-electron chi connectivity index (χ0n) is 18.5. The van der Waals surface area contributed by atoms with E-state index in [1.165, 1.54) is 16.5 Å². The number of halogens is 4. The fourth-order valence-electron chi connectivity index (χ4n) is 4.36. The molecule has 4 heterocycles. The number of benzene rings is 1. The van der Waals surface area contributed by atoms with E-state index >= 15 is 0 Å². The number of likely N-dealkylation sites (tertiary alicyclic amines) is 1. The highest BCUT2D eigenvalue weighted by atomic mass is 35.5. The number of piperidine rings is 1. The van der Waals surface area contributed by atoms with E-state index in [1.54, 1.807) is 12.1 Å². The van der Waals surface area contributed by atoms with E-state index in [2.05, 4.69) is 27.5 Å². The number of thiophene rings is 1. The van der Waals surface area contributed by atoms with Crippen LogP contribution < -0.4 is 10.2 Å². The molecule has 35 heavy (non-hydrogen) atoms. The van der Waals surface area contributed by atoms with E-state index in [4.69, 9.17) is 11.6 Å². The normalized spacial score (nSPS) is 18.6. The highest BCUT2D eigenvalue weighted by molar-refractivity contribution is 7.19. The second-order valence-electron chi connectivity index (χ2n) is 8.59. The van der Waals surface area contributed by atoms with Crippen molar-refractivity contribution >= 4 is 34.5 Å². The van der Waals surface area contributed by atoms with Crippen molar-refractivity contribution in [2.75, 3.05) is 13.1 Å². The Balaban J connectivity index is 1.31. The molecule has 0 atom stereocenters. The minimum Gasteiger partial charge on any atom is -0.347 e. The maximum atomic E-state index is 13.8. The predicted octanol–water partition coefficient (Wildman–Crippen LogP) is 4.11. The van der Waals surface area contributed by atoms with Crippen LogP contribution in [0.25, 0.3) is 16.2 Å². The van der Waals surface area contributed by atoms with Crippen LogP contribution in [0.1, 0.15) is 34.6 Å². The minimum absolute atomic E-state index is 0.0494. The molecule has 1 aliphatic rings. The summed E-state index contributed by atoms with van der Waals surface area (Å²) in [4.78, 5) is 19.1. The lowest BCUT2D eigenvalue weighted by Crippen LogP contribution is -3.12. The van der Waals surface area contributed by atoms with E-state index in [0.29, 0.717) is 13.7 Å². The molecule has 6 nitrogen and oxygen atoms in total. The molecule has 1 aromatic carbocycles. The van der Waals surface area contributed by atoms with Gasteiger partial charge in [0.25, 0.3) is 5.91 Å². The van der Waals surface area contributed by atoms with Gasteiger partial charge in [0.05, 0.1) is 28.0 Å². The molecule has 0 spiro atoms. The lowest BCUT2D eigenvalue weighted by molar-refractivity contribution is -0.918. The summed E-state index contributed by atoms with van der Waals surface area (Å²) in [5.41, 5.74) is 0.253. The van der Waals surface area contributed by atoms with Crippen molar-refractivity contribution in [1.29, 1.82) is 0 Å². The fourth-order valence-corrected chi connectivity index (χ4v) is 5.36. The maximum absolute atomic E-state index is 13.8. The summed E-state index contributed by atoms with van der Waals surface area (Å²) in [6.07, 6.45) is -3.10. The Morgan fingerprint density at radius 1 is 1.14 bits per heavy atom. The number of aromatic nitrogens is 3. The smallest absolute Gasteiger partial charge is 0.347 e. The van der Waals surface area contributed by atoms with Gasteiger partial charge in [0, 0.05) is 30.5 Å². The first kappa shape index (κ1) is 23.8. The number of carbonyl (C=O) groups is 1. The molecule has 0 unspecified atom stereocenters. The number of quaternary nitrogens is 1. The molecule has 1 aliphatic heterocycles. The number of nitrogens with zero attached hydrogens (tertiary/aromatic N) is 3. The number of alkyl halides is 3. The average Bonchev–Trinajstić information content (AvgIpc) is 3.46. The number of hydrogen-bond donors (Lipinski definition) is 2. The molecular weight excluding hydrogens is 499 g/mol. The fraction of sp³-hybridized carbons (Fsp3) is 0.292. The zero-order valence-corrected chi connectivity index (χ0v) is 20.1. The van der Waals surface area contributed by atoms with Crippen LogP contribution in [0, 0.1) is 0 Å². The first-order valence-corrected chi connectivity index (χ1v) is 12.4. The molecule has 5 rings (SSSR count). The first-order valence-electron chi connectivity index (χ1n) is 11.2. The third-order valence-corrected chi connectivity index (χ3v) is 7.35. The van der Waals surface area contributed by atoms with E-state index in [-0.39, 0.29) is 23.1 Å². The Morgan fingerprint density at radius 2 is 1.89 bits per heavy atom. The highest BCUT2D eigenvalue weighted by Crippen LogP contribution is 2.35. The van der Waals surface area contributed by atoms with Crippen molar-refractivity contribution in [2.24, 2.45) is 0 Å². The summed E-state index contributed by atoms with van der Waals surface area (Å²) < 4.78 is 42.5. The van der Waals surface area contributed by atoms with Crippen molar-refractivity contribution in [3.63, 3.8) is 0 Å². The molecule has 0 saturated carbocycles. The first-order chi connectivity index (χ1) is 16.8. The van der Waals surface area contributed by atoms with Crippen molar-refractivity contribution in [1.82, 2.24) is 19.9 Å². The summed E-state index contributed by atoms with van der Waals surface area (Å²) in [6, 6.07) is 15.6. The molecule has 4 aromatic rings. The van der Waals surface area contributed by atoms with Crippen LogP contribution in [-0.4, -0.2) is 39.6 Å². The lowest BCUT2D eigenvalue weighted by Gasteiger charge is -2.29. The Hall–Kier alpha value is -2.95. The third-order valence-electron chi connectivity index (χ3n) is 6.10. The molecule has 1 saturated heterocycles. The van der Waals surface area contributed by atoms with Gasteiger partial charge in [0.1, 0.15) is 6.54 Å². The Kier molecular flexibility index (Phi) is 6.52. The molecular formula is C24H22ClF3N5OS+. The summed E-state index contributed by atoms with van der Waals surface area (Å²) in [5.74, 6) is -0.499. The zero-order chi connectivity index (χ0) is 24.6. The van der Waals surface area contributed by atoms with Gasteiger partial charge in [-0.3, -0.25) is 4.79 Å². The number of amides is 1. The summed E-state index contributed by atoms with van der Waals surface area (Å²) >= 11 is 7.07. The van der Waals surface area contributed by atoms with E-state index in [9.17, 15) is 18.0 Å². The maximum Gasteiger partial charge on any atom is 0.433 e. The molecule has 0 radical (unpaired) electrons. The summed E-state index contributed by atoms with van der Waals surface area (Å²) in [6.45, 7) is 2.73. The quantitative estimate of drug-likeness (QED) is 0.416. The Bertz CT molecular complexity index is 1350. The van der Waals surface area contributed by atoms with Crippen molar-refractivity contribution < 1.29 is 22.9 Å². The van der Waals surface area contributed by atoms with Crippen molar-refractivity contribution in [3.05, 3.63) is 75.9 Å². The van der Waals surface area contributed by atoms with Crippen LogP contribution in [0.3, 0.4) is 0 Å². The van der Waals surface area contributed by atoms with Crippen LogP contribution in [0.4, 0.5) is 13.2 Å². The molecule has 1 amide bonds. The van der Waals surface area contributed by atoms with Gasteiger partial charge in [0.2, 0.25) is 0 Å². The van der Waals surface area contributed by atoms with Gasteiger partial charge in [-0.15, -0.1) is 11.3 Å². The molecule has 2 N–H and O–H groups in total. The Morgan fingerprint density at radius 3 is 2.54 bits per heavy atom. The third kappa shape index (κ3) is 5.34. The standard InChI is InChI=1S/C24H21ClF3N5OS/c25-21-7-6-19(35-21)17-12-20(24(26,27)28)33-22(30-17)13-18(31-33)23(34)29-16-8-10-32(11-9-16)14-15-4-2-1-3-5-15/h1-7,12-13,16H,8-11,14H2,(H,29,34)/p+1. The number of fused-ring (bicyclic) bond motifs is 1. The van der Waals surface area contributed by atoms with Crippen LogP contribution in [-0.2, 0) is 12.7 Å². The molecule has 182 valence electrons. The van der Waals surface area contributed by atoms with Gasteiger partial charge in [-0.05, 0) is 18.2 Å². The van der Waals surface area contributed by atoms with Gasteiger partial charge < -0.3 is 10.2 Å². The van der Waals surface area contributed by atoms with Gasteiger partial charge >= 0.3 is 6.18 Å². The van der Waals surface area contributed by atoms with Crippen molar-refractivity contribution in [2.45, 2.75) is 31.6 Å². The number of rotatable bonds is 5. The van der Waals surface area contributed by atoms with Crippen LogP contribution in [0.15, 0.2) is 54.6 Å². The summed E-state index contributed by atoms with van der Waals surface area (Å²) in [5, 5.41) is 6.89. The molecule has 3 aromatic heterocycles. The highest BCUT2D eigenvalue weighted by Gasteiger charge is 2.36. The van der Waals surface area contributed by atoms with Gasteiger partial charge in [-0.2, -0.15) is 18.3 Å². The molecule has 0 aliphatic carbocycles. The largest absolute Gasteiger partial charge is 0.433 e. The molecule has 0 bridgehead atoms. The SMILES string of the molecule is O=C(NC1CC[NH+](Cc2ccccc2)CC1)c1cc2nc(-c3ccc(Cl)s3)cc(C(F)(F)F)n2n1. The number of nitrogens with one attached hydrogen (secondary N) is 2. The summed E-state index contributed by atoms with van der Waals surface area (Å²) in [7, 11) is 0. The minimum atomic E-state index is -4.68. The van der Waals surface area contributed by atoms with E-state index in [1.807, 2.05) is 18.2 Å². The van der Waals surface area contributed by atoms with E-state index in [0.717, 1.165) is 49.9 Å². The Labute approximate surface area is 208 Å². The predicted molar refractivity (Wildman–Crippen MR) is 128 cm³/mol. The van der Waals surface area contributed by atoms with Crippen LogP contribution in [0.5, 0.6) is 0 Å². The second kappa shape index (κ2) is 9.60. The average molecular weight is 521 g/mol. The monoisotopic (exact) mass is 520 g/mol. The topological polar surface area (TPSA) is 63.7 Å². The molecule has 1 fully saturated rings. The van der Waals surface area contributed by atoms with Crippen LogP contribution >= 0.6 is 22.9 Å².